The highest BCUT2D eigenvalue weighted by molar-refractivity contribution is 5.87. The van der Waals surface area contributed by atoms with E-state index in [0.29, 0.717) is 18.4 Å². The number of piperidine rings is 1. The maximum atomic E-state index is 10.9. The van der Waals surface area contributed by atoms with E-state index >= 15 is 0 Å². The zero-order valence-corrected chi connectivity index (χ0v) is 13.0. The number of rotatable bonds is 5. The van der Waals surface area contributed by atoms with Crippen LogP contribution in [0.5, 0.6) is 0 Å². The number of carboxylic acid groups (broad SMARTS) is 2. The number of carboxylic acids is 2. The molecule has 7 nitrogen and oxygen atoms in total. The third kappa shape index (κ3) is 3.62. The van der Waals surface area contributed by atoms with Gasteiger partial charge >= 0.3 is 11.9 Å². The summed E-state index contributed by atoms with van der Waals surface area (Å²) < 4.78 is 5.21. The molecule has 1 aromatic carbocycles. The average Bonchev–Trinajstić information content (AvgIpc) is 3.04. The van der Waals surface area contributed by atoms with Crippen molar-refractivity contribution in [2.24, 2.45) is 0 Å². The molecular formula is C17H18N2O5. The minimum Gasteiger partial charge on any atom is -0.478 e. The smallest absolute Gasteiger partial charge is 0.357 e. The highest BCUT2D eigenvalue weighted by Gasteiger charge is 2.23. The summed E-state index contributed by atoms with van der Waals surface area (Å²) in [6.45, 7) is 2.17. The zero-order valence-electron chi connectivity index (χ0n) is 13.0. The van der Waals surface area contributed by atoms with Gasteiger partial charge in [-0.05, 0) is 43.0 Å². The lowest BCUT2D eigenvalue weighted by Crippen LogP contribution is -2.34. The number of aromatic carboxylic acids is 2. The minimum atomic E-state index is -1.10. The van der Waals surface area contributed by atoms with Gasteiger partial charge in [0.2, 0.25) is 5.89 Å². The van der Waals surface area contributed by atoms with Gasteiger partial charge in [0.25, 0.3) is 0 Å². The van der Waals surface area contributed by atoms with E-state index < -0.39 is 11.9 Å². The molecule has 1 aliphatic rings. The number of benzene rings is 1. The van der Waals surface area contributed by atoms with Gasteiger partial charge in [0.05, 0.1) is 12.1 Å². The third-order valence-corrected chi connectivity index (χ3v) is 4.26. The minimum absolute atomic E-state index is 0.0807. The van der Waals surface area contributed by atoms with Gasteiger partial charge in [-0.2, -0.15) is 0 Å². The Kier molecular flexibility index (Phi) is 4.61. The van der Waals surface area contributed by atoms with Gasteiger partial charge in [-0.1, -0.05) is 12.1 Å². The molecule has 0 bridgehead atoms. The first-order valence-corrected chi connectivity index (χ1v) is 7.76. The molecule has 0 amide bonds. The van der Waals surface area contributed by atoms with Crippen molar-refractivity contribution in [2.75, 3.05) is 13.1 Å². The van der Waals surface area contributed by atoms with E-state index in [4.69, 9.17) is 14.6 Å². The van der Waals surface area contributed by atoms with Crippen LogP contribution in [-0.2, 0) is 6.54 Å². The third-order valence-electron chi connectivity index (χ3n) is 4.26. The number of hydrogen-bond acceptors (Lipinski definition) is 5. The Labute approximate surface area is 138 Å². The Morgan fingerprint density at radius 2 is 1.96 bits per heavy atom. The van der Waals surface area contributed by atoms with E-state index in [1.807, 2.05) is 12.1 Å². The zero-order chi connectivity index (χ0) is 17.1. The Hall–Kier alpha value is -2.67. The average molecular weight is 330 g/mol. The fourth-order valence-corrected chi connectivity index (χ4v) is 3.04. The molecular weight excluding hydrogens is 312 g/mol. The van der Waals surface area contributed by atoms with Crippen LogP contribution in [0.15, 0.2) is 34.9 Å². The van der Waals surface area contributed by atoms with Crippen molar-refractivity contribution in [3.63, 3.8) is 0 Å². The van der Waals surface area contributed by atoms with Gasteiger partial charge < -0.3 is 14.6 Å². The predicted molar refractivity (Wildman–Crippen MR) is 84.1 cm³/mol. The topological polar surface area (TPSA) is 104 Å². The maximum Gasteiger partial charge on any atom is 0.357 e. The molecule has 0 radical (unpaired) electrons. The summed E-state index contributed by atoms with van der Waals surface area (Å²) in [5, 5.41) is 17.8. The fraction of sp³-hybridized carbons (Fsp3) is 0.353. The molecule has 1 saturated heterocycles. The first-order chi connectivity index (χ1) is 11.5. The van der Waals surface area contributed by atoms with Crippen molar-refractivity contribution in [3.05, 3.63) is 53.2 Å². The summed E-state index contributed by atoms with van der Waals surface area (Å²) in [7, 11) is 0. The Bertz CT molecular complexity index is 738. The number of nitrogens with zero attached hydrogens (tertiary/aromatic N) is 2. The molecule has 24 heavy (non-hydrogen) atoms. The highest BCUT2D eigenvalue weighted by atomic mass is 16.4. The van der Waals surface area contributed by atoms with Crippen LogP contribution in [0.4, 0.5) is 0 Å². The Morgan fingerprint density at radius 1 is 1.21 bits per heavy atom. The van der Waals surface area contributed by atoms with Gasteiger partial charge in [0.15, 0.2) is 5.69 Å². The van der Waals surface area contributed by atoms with Crippen molar-refractivity contribution in [2.45, 2.75) is 25.3 Å². The maximum absolute atomic E-state index is 10.9. The van der Waals surface area contributed by atoms with Crippen LogP contribution in [0.1, 0.15) is 51.1 Å². The van der Waals surface area contributed by atoms with Gasteiger partial charge in [-0.15, -0.1) is 0 Å². The molecule has 7 heteroatoms. The Balaban J connectivity index is 1.65. The summed E-state index contributed by atoms with van der Waals surface area (Å²) in [5.41, 5.74) is 1.32. The quantitative estimate of drug-likeness (QED) is 0.867. The number of likely N-dealkylation sites (tertiary alicyclic amines) is 1. The molecule has 0 unspecified atom stereocenters. The number of aromatic nitrogens is 1. The fourth-order valence-electron chi connectivity index (χ4n) is 3.04. The van der Waals surface area contributed by atoms with Crippen LogP contribution in [0.25, 0.3) is 0 Å². The van der Waals surface area contributed by atoms with Crippen molar-refractivity contribution in [3.8, 4) is 0 Å². The second kappa shape index (κ2) is 6.84. The molecule has 0 aliphatic carbocycles. The molecule has 0 spiro atoms. The second-order valence-electron chi connectivity index (χ2n) is 5.93. The first kappa shape index (κ1) is 16.2. The molecule has 2 aromatic rings. The van der Waals surface area contributed by atoms with E-state index in [1.165, 1.54) is 0 Å². The van der Waals surface area contributed by atoms with Gasteiger partial charge in [0, 0.05) is 6.54 Å². The van der Waals surface area contributed by atoms with E-state index in [2.05, 4.69) is 9.88 Å². The molecule has 126 valence electrons. The van der Waals surface area contributed by atoms with E-state index in [-0.39, 0.29) is 11.3 Å². The summed E-state index contributed by atoms with van der Waals surface area (Å²) in [6, 6.07) is 6.99. The van der Waals surface area contributed by atoms with Crippen molar-refractivity contribution in [1.82, 2.24) is 9.88 Å². The molecule has 2 heterocycles. The standard InChI is InChI=1S/C17H18N2O5/c20-16(21)12-5-3-11(4-6-12)13-2-1-7-19(8-13)9-15-18-14(10-24-15)17(22)23/h3-6,10,13H,1-2,7-9H2,(H,20,21)(H,22,23)/t13-/m1/s1. The normalized spacial score (nSPS) is 18.4. The molecule has 1 fully saturated rings. The monoisotopic (exact) mass is 330 g/mol. The van der Waals surface area contributed by atoms with Crippen LogP contribution in [0.3, 0.4) is 0 Å². The number of carbonyl (C=O) groups is 2. The molecule has 0 saturated carbocycles. The van der Waals surface area contributed by atoms with E-state index in [0.717, 1.165) is 37.8 Å². The summed E-state index contributed by atoms with van der Waals surface area (Å²) in [5.74, 6) is -1.31. The largest absolute Gasteiger partial charge is 0.478 e. The van der Waals surface area contributed by atoms with Crippen LogP contribution in [-0.4, -0.2) is 45.1 Å². The van der Waals surface area contributed by atoms with Crippen molar-refractivity contribution >= 4 is 11.9 Å². The molecule has 3 rings (SSSR count). The number of hydrogen-bond donors (Lipinski definition) is 2. The van der Waals surface area contributed by atoms with E-state index in [1.54, 1.807) is 12.1 Å². The van der Waals surface area contributed by atoms with E-state index in [9.17, 15) is 9.59 Å². The van der Waals surface area contributed by atoms with Crippen molar-refractivity contribution in [1.29, 1.82) is 0 Å². The van der Waals surface area contributed by atoms with Gasteiger partial charge in [-0.3, -0.25) is 4.90 Å². The predicted octanol–water partition coefficient (Wildman–Crippen LogP) is 2.45. The van der Waals surface area contributed by atoms with Gasteiger partial charge in [-0.25, -0.2) is 14.6 Å². The Morgan fingerprint density at radius 3 is 2.58 bits per heavy atom. The number of oxazole rings is 1. The van der Waals surface area contributed by atoms with Crippen LogP contribution < -0.4 is 0 Å². The molecule has 1 aliphatic heterocycles. The molecule has 1 atom stereocenters. The highest BCUT2D eigenvalue weighted by Crippen LogP contribution is 2.28. The summed E-state index contributed by atoms with van der Waals surface area (Å²) >= 11 is 0. The van der Waals surface area contributed by atoms with Crippen molar-refractivity contribution < 1.29 is 24.2 Å². The van der Waals surface area contributed by atoms with Gasteiger partial charge in [0.1, 0.15) is 6.26 Å². The van der Waals surface area contributed by atoms with Crippen LogP contribution in [0, 0.1) is 0 Å². The van der Waals surface area contributed by atoms with Crippen LogP contribution >= 0.6 is 0 Å². The first-order valence-electron chi connectivity index (χ1n) is 7.76. The lowest BCUT2D eigenvalue weighted by atomic mass is 9.90. The lowest BCUT2D eigenvalue weighted by Gasteiger charge is -2.32. The summed E-state index contributed by atoms with van der Waals surface area (Å²) in [6.07, 6.45) is 3.20. The summed E-state index contributed by atoms with van der Waals surface area (Å²) in [4.78, 5) is 27.9. The lowest BCUT2D eigenvalue weighted by molar-refractivity contribution is 0.0682. The van der Waals surface area contributed by atoms with Crippen LogP contribution in [0.2, 0.25) is 0 Å². The second-order valence-corrected chi connectivity index (χ2v) is 5.93. The SMILES string of the molecule is O=C(O)c1ccc([C@@H]2CCCN(Cc3nc(C(=O)O)co3)C2)cc1. The molecule has 1 aromatic heterocycles. The molecule has 2 N–H and O–H groups in total.